The summed E-state index contributed by atoms with van der Waals surface area (Å²) in [6, 6.07) is 8.49. The molecule has 0 heterocycles. The average molecular weight is 211 g/mol. The summed E-state index contributed by atoms with van der Waals surface area (Å²) in [4.78, 5) is 3.52. The highest BCUT2D eigenvalue weighted by Crippen LogP contribution is 2.28. The highest BCUT2D eigenvalue weighted by Gasteiger charge is 2.01. The number of benzene rings is 1. The van der Waals surface area contributed by atoms with Gasteiger partial charge in [0.25, 0.3) is 0 Å². The van der Waals surface area contributed by atoms with E-state index in [-0.39, 0.29) is 0 Å². The van der Waals surface area contributed by atoms with Crippen LogP contribution in [-0.4, -0.2) is 19.8 Å². The Morgan fingerprint density at radius 2 is 1.71 bits per heavy atom. The molecule has 80 valence electrons. The Bertz CT molecular complexity index is 246. The summed E-state index contributed by atoms with van der Waals surface area (Å²) in [5.41, 5.74) is 1.31. The molecule has 0 radical (unpaired) electrons. The van der Waals surface area contributed by atoms with E-state index in [1.807, 2.05) is 25.6 Å². The normalized spacial score (nSPS) is 8.93. The van der Waals surface area contributed by atoms with Crippen LogP contribution in [0.2, 0.25) is 0 Å². The van der Waals surface area contributed by atoms with Gasteiger partial charge in [-0.3, -0.25) is 0 Å². The van der Waals surface area contributed by atoms with Crippen LogP contribution in [-0.2, 0) is 0 Å². The summed E-state index contributed by atoms with van der Waals surface area (Å²) in [6.45, 7) is 6.18. The van der Waals surface area contributed by atoms with E-state index in [1.165, 1.54) is 10.6 Å². The molecule has 0 N–H and O–H groups in total. The van der Waals surface area contributed by atoms with Gasteiger partial charge in [0.15, 0.2) is 0 Å². The fourth-order valence-electron chi connectivity index (χ4n) is 1.10. The Morgan fingerprint density at radius 3 is 2.21 bits per heavy atom. The molecular formula is C12H21NS. The number of hydrogen-bond donors (Lipinski definition) is 0. The van der Waals surface area contributed by atoms with Gasteiger partial charge in [0.2, 0.25) is 0 Å². The first-order valence-corrected chi connectivity index (χ1v) is 6.13. The van der Waals surface area contributed by atoms with Crippen molar-refractivity contribution in [3.63, 3.8) is 0 Å². The summed E-state index contributed by atoms with van der Waals surface area (Å²) in [5.74, 6) is 1.13. The summed E-state index contributed by atoms with van der Waals surface area (Å²) >= 11 is 1.89. The van der Waals surface area contributed by atoms with Gasteiger partial charge in [0.1, 0.15) is 0 Å². The largest absolute Gasteiger partial charge is 0.377 e. The van der Waals surface area contributed by atoms with E-state index in [9.17, 15) is 0 Å². The maximum atomic E-state index is 2.18. The molecule has 0 unspecified atom stereocenters. The molecule has 14 heavy (non-hydrogen) atoms. The number of nitrogens with zero attached hydrogens (tertiary/aromatic N) is 1. The molecule has 1 rings (SSSR count). The molecule has 1 nitrogen and oxygen atoms in total. The second kappa shape index (κ2) is 7.74. The molecule has 0 spiro atoms. The highest BCUT2D eigenvalue weighted by molar-refractivity contribution is 7.99. The zero-order valence-corrected chi connectivity index (χ0v) is 10.7. The van der Waals surface area contributed by atoms with Crippen LogP contribution in [0.15, 0.2) is 29.2 Å². The van der Waals surface area contributed by atoms with Gasteiger partial charge in [-0.2, -0.15) is 0 Å². The fourth-order valence-corrected chi connectivity index (χ4v) is 1.99. The first-order valence-electron chi connectivity index (χ1n) is 5.15. The van der Waals surface area contributed by atoms with E-state index in [0.717, 1.165) is 5.75 Å². The second-order valence-electron chi connectivity index (χ2n) is 2.80. The van der Waals surface area contributed by atoms with E-state index >= 15 is 0 Å². The fraction of sp³-hybridized carbons (Fsp3) is 0.500. The molecule has 0 amide bonds. The lowest BCUT2D eigenvalue weighted by Crippen LogP contribution is -2.09. The van der Waals surface area contributed by atoms with Crippen molar-refractivity contribution in [1.82, 2.24) is 0 Å². The van der Waals surface area contributed by atoms with Crippen LogP contribution >= 0.6 is 11.8 Å². The van der Waals surface area contributed by atoms with Crippen LogP contribution in [0.25, 0.3) is 0 Å². The van der Waals surface area contributed by atoms with Gasteiger partial charge < -0.3 is 4.90 Å². The Hall–Kier alpha value is -0.630. The van der Waals surface area contributed by atoms with Crippen molar-refractivity contribution in [3.8, 4) is 0 Å². The Labute approximate surface area is 92.5 Å². The van der Waals surface area contributed by atoms with E-state index < -0.39 is 0 Å². The maximum absolute atomic E-state index is 2.18. The molecular weight excluding hydrogens is 190 g/mol. The summed E-state index contributed by atoms with van der Waals surface area (Å²) < 4.78 is 0. The average Bonchev–Trinajstić information content (AvgIpc) is 2.22. The lowest BCUT2D eigenvalue weighted by atomic mass is 10.3. The maximum Gasteiger partial charge on any atom is 0.0499 e. The lowest BCUT2D eigenvalue weighted by Gasteiger charge is -2.16. The van der Waals surface area contributed by atoms with Crippen molar-refractivity contribution in [2.24, 2.45) is 0 Å². The zero-order valence-electron chi connectivity index (χ0n) is 9.87. The Balaban J connectivity index is 0.000000791. The van der Waals surface area contributed by atoms with Crippen molar-refractivity contribution in [1.29, 1.82) is 0 Å². The van der Waals surface area contributed by atoms with Crippen molar-refractivity contribution in [2.75, 3.05) is 24.7 Å². The van der Waals surface area contributed by atoms with Gasteiger partial charge in [-0.25, -0.2) is 0 Å². The predicted octanol–water partition coefficient (Wildman–Crippen LogP) is 3.89. The molecule has 0 atom stereocenters. The molecule has 0 saturated heterocycles. The van der Waals surface area contributed by atoms with Gasteiger partial charge in [-0.15, -0.1) is 11.8 Å². The standard InChI is InChI=1S/C10H15NS.C2H6/c1-4-12-10-8-6-5-7-9(10)11(2)3;1-2/h5-8H,4H2,1-3H3;1-2H3. The lowest BCUT2D eigenvalue weighted by molar-refractivity contribution is 1.10. The Kier molecular flexibility index (Phi) is 7.40. The van der Waals surface area contributed by atoms with Gasteiger partial charge in [-0.05, 0) is 17.9 Å². The van der Waals surface area contributed by atoms with E-state index in [0.29, 0.717) is 0 Å². The van der Waals surface area contributed by atoms with E-state index in [2.05, 4.69) is 50.2 Å². The minimum absolute atomic E-state index is 1.13. The summed E-state index contributed by atoms with van der Waals surface area (Å²) in [5, 5.41) is 0. The monoisotopic (exact) mass is 211 g/mol. The number of para-hydroxylation sites is 1. The van der Waals surface area contributed by atoms with Gasteiger partial charge in [-0.1, -0.05) is 32.9 Å². The molecule has 0 fully saturated rings. The Morgan fingerprint density at radius 1 is 1.14 bits per heavy atom. The molecule has 0 aliphatic rings. The molecule has 0 aromatic heterocycles. The third-order valence-electron chi connectivity index (χ3n) is 1.65. The number of rotatable bonds is 3. The number of hydrogen-bond acceptors (Lipinski definition) is 2. The molecule has 0 aliphatic carbocycles. The van der Waals surface area contributed by atoms with Gasteiger partial charge >= 0.3 is 0 Å². The third-order valence-corrected chi connectivity index (χ3v) is 2.59. The molecule has 0 saturated carbocycles. The first kappa shape index (κ1) is 13.4. The SMILES string of the molecule is CC.CCSc1ccccc1N(C)C. The van der Waals surface area contributed by atoms with E-state index in [4.69, 9.17) is 0 Å². The van der Waals surface area contributed by atoms with Crippen LogP contribution in [0.1, 0.15) is 20.8 Å². The number of anilines is 1. The number of thioether (sulfide) groups is 1. The van der Waals surface area contributed by atoms with Crippen LogP contribution in [0.4, 0.5) is 5.69 Å². The van der Waals surface area contributed by atoms with Crippen molar-refractivity contribution < 1.29 is 0 Å². The molecule has 0 bridgehead atoms. The minimum Gasteiger partial charge on any atom is -0.377 e. The summed E-state index contributed by atoms with van der Waals surface area (Å²) in [6.07, 6.45) is 0. The van der Waals surface area contributed by atoms with E-state index in [1.54, 1.807) is 0 Å². The first-order chi connectivity index (χ1) is 6.75. The smallest absolute Gasteiger partial charge is 0.0499 e. The van der Waals surface area contributed by atoms with Gasteiger partial charge in [0.05, 0.1) is 0 Å². The molecule has 1 aromatic rings. The molecule has 2 heteroatoms. The van der Waals surface area contributed by atoms with Crippen LogP contribution in [0.5, 0.6) is 0 Å². The highest BCUT2D eigenvalue weighted by atomic mass is 32.2. The quantitative estimate of drug-likeness (QED) is 0.698. The predicted molar refractivity (Wildman–Crippen MR) is 68.5 cm³/mol. The van der Waals surface area contributed by atoms with Gasteiger partial charge in [0, 0.05) is 24.7 Å². The second-order valence-corrected chi connectivity index (χ2v) is 4.10. The summed E-state index contributed by atoms with van der Waals surface area (Å²) in [7, 11) is 4.16. The zero-order chi connectivity index (χ0) is 11.0. The third kappa shape index (κ3) is 4.05. The van der Waals surface area contributed by atoms with Crippen molar-refractivity contribution in [2.45, 2.75) is 25.7 Å². The molecule has 1 aromatic carbocycles. The van der Waals surface area contributed by atoms with Crippen LogP contribution < -0.4 is 4.90 Å². The topological polar surface area (TPSA) is 3.24 Å². The van der Waals surface area contributed by atoms with Crippen LogP contribution in [0.3, 0.4) is 0 Å². The van der Waals surface area contributed by atoms with Crippen LogP contribution in [0, 0.1) is 0 Å². The van der Waals surface area contributed by atoms with Crippen molar-refractivity contribution in [3.05, 3.63) is 24.3 Å². The van der Waals surface area contributed by atoms with Crippen molar-refractivity contribution >= 4 is 17.4 Å². The molecule has 0 aliphatic heterocycles. The minimum atomic E-state index is 1.13.